The molecular formula is C13H25N3O3. The molecule has 1 aliphatic carbocycles. The van der Waals surface area contributed by atoms with Crippen LogP contribution in [-0.2, 0) is 4.79 Å². The van der Waals surface area contributed by atoms with Crippen LogP contribution in [0.25, 0.3) is 0 Å². The molecule has 1 atom stereocenters. The lowest BCUT2D eigenvalue weighted by atomic mass is 10.2. The fraction of sp³-hybridized carbons (Fsp3) is 0.846. The van der Waals surface area contributed by atoms with Gasteiger partial charge in [-0.25, -0.2) is 4.79 Å². The third-order valence-corrected chi connectivity index (χ3v) is 3.17. The molecule has 2 N–H and O–H groups in total. The number of carboxylic acid groups (broad SMARTS) is 1. The lowest BCUT2D eigenvalue weighted by molar-refractivity contribution is -0.137. The molecule has 0 saturated heterocycles. The molecule has 0 radical (unpaired) electrons. The minimum absolute atomic E-state index is 0.0467. The zero-order chi connectivity index (χ0) is 14.4. The standard InChI is InChI=1S/C13H25N3O3/c1-10(6-7-15(2)3)14-13(19)16(9-12(17)18)8-11-4-5-11/h10-11H,4-9H2,1-3H3,(H,14,19)(H,17,18). The summed E-state index contributed by atoms with van der Waals surface area (Å²) in [5.74, 6) is -0.473. The predicted octanol–water partition coefficient (Wildman–Crippen LogP) is 0.833. The van der Waals surface area contributed by atoms with Crippen molar-refractivity contribution in [2.45, 2.75) is 32.2 Å². The third kappa shape index (κ3) is 7.00. The van der Waals surface area contributed by atoms with Crippen LogP contribution in [0, 0.1) is 5.92 Å². The molecule has 0 heterocycles. The van der Waals surface area contributed by atoms with E-state index in [9.17, 15) is 9.59 Å². The van der Waals surface area contributed by atoms with Gasteiger partial charge in [0.2, 0.25) is 0 Å². The van der Waals surface area contributed by atoms with Crippen LogP contribution in [0.3, 0.4) is 0 Å². The third-order valence-electron chi connectivity index (χ3n) is 3.17. The Kier molecular flexibility index (Phi) is 6.08. The largest absolute Gasteiger partial charge is 0.480 e. The fourth-order valence-electron chi connectivity index (χ4n) is 1.82. The number of nitrogens with zero attached hydrogens (tertiary/aromatic N) is 2. The zero-order valence-electron chi connectivity index (χ0n) is 12.1. The highest BCUT2D eigenvalue weighted by Crippen LogP contribution is 2.29. The number of carbonyl (C=O) groups excluding carboxylic acids is 1. The summed E-state index contributed by atoms with van der Waals surface area (Å²) in [6, 6.07) is -0.217. The van der Waals surface area contributed by atoms with E-state index < -0.39 is 5.97 Å². The van der Waals surface area contributed by atoms with Crippen LogP contribution in [0.2, 0.25) is 0 Å². The van der Waals surface area contributed by atoms with E-state index in [1.54, 1.807) is 0 Å². The van der Waals surface area contributed by atoms with Crippen LogP contribution in [0.5, 0.6) is 0 Å². The molecule has 0 bridgehead atoms. The van der Waals surface area contributed by atoms with Crippen LogP contribution >= 0.6 is 0 Å². The van der Waals surface area contributed by atoms with Crippen molar-refractivity contribution < 1.29 is 14.7 Å². The van der Waals surface area contributed by atoms with Gasteiger partial charge in [-0.3, -0.25) is 4.79 Å². The number of amides is 2. The molecule has 1 fully saturated rings. The Balaban J connectivity index is 2.38. The normalized spacial score (nSPS) is 16.2. The van der Waals surface area contributed by atoms with Gasteiger partial charge in [0.1, 0.15) is 6.54 Å². The molecule has 0 aromatic rings. The number of aliphatic carboxylic acids is 1. The molecule has 1 aliphatic rings. The number of carbonyl (C=O) groups is 2. The second-order valence-corrected chi connectivity index (χ2v) is 5.66. The van der Waals surface area contributed by atoms with E-state index in [0.717, 1.165) is 25.8 Å². The molecule has 110 valence electrons. The van der Waals surface area contributed by atoms with Crippen LogP contribution in [0.4, 0.5) is 4.79 Å². The van der Waals surface area contributed by atoms with Gasteiger partial charge in [-0.1, -0.05) is 0 Å². The first kappa shape index (κ1) is 15.8. The first-order valence-corrected chi connectivity index (χ1v) is 6.80. The van der Waals surface area contributed by atoms with Crippen LogP contribution in [0.15, 0.2) is 0 Å². The van der Waals surface area contributed by atoms with Crippen molar-refractivity contribution in [2.75, 3.05) is 33.7 Å². The molecular weight excluding hydrogens is 246 g/mol. The number of carboxylic acids is 1. The molecule has 6 nitrogen and oxygen atoms in total. The SMILES string of the molecule is CC(CCN(C)C)NC(=O)N(CC(=O)O)CC1CC1. The van der Waals surface area contributed by atoms with Crippen LogP contribution in [0.1, 0.15) is 26.2 Å². The van der Waals surface area contributed by atoms with Gasteiger partial charge >= 0.3 is 12.0 Å². The Hall–Kier alpha value is -1.30. The van der Waals surface area contributed by atoms with Crippen molar-refractivity contribution in [1.29, 1.82) is 0 Å². The molecule has 6 heteroatoms. The fourth-order valence-corrected chi connectivity index (χ4v) is 1.82. The van der Waals surface area contributed by atoms with E-state index in [-0.39, 0.29) is 18.6 Å². The Morgan fingerprint density at radius 1 is 1.37 bits per heavy atom. The summed E-state index contributed by atoms with van der Waals surface area (Å²) in [7, 11) is 3.97. The van der Waals surface area contributed by atoms with Crippen molar-refractivity contribution in [2.24, 2.45) is 5.92 Å². The summed E-state index contributed by atoms with van der Waals surface area (Å²) >= 11 is 0. The topological polar surface area (TPSA) is 72.9 Å². The Labute approximate surface area is 114 Å². The van der Waals surface area contributed by atoms with E-state index in [1.165, 1.54) is 4.90 Å². The maximum atomic E-state index is 12.0. The minimum atomic E-state index is -0.961. The molecule has 1 saturated carbocycles. The number of hydrogen-bond acceptors (Lipinski definition) is 3. The summed E-state index contributed by atoms with van der Waals surface area (Å²) in [6.45, 7) is 3.17. The maximum Gasteiger partial charge on any atom is 0.323 e. The van der Waals surface area contributed by atoms with Crippen molar-refractivity contribution in [3.05, 3.63) is 0 Å². The smallest absolute Gasteiger partial charge is 0.323 e. The van der Waals surface area contributed by atoms with Gasteiger partial charge in [-0.15, -0.1) is 0 Å². The number of nitrogens with one attached hydrogen (secondary N) is 1. The van der Waals surface area contributed by atoms with Gasteiger partial charge in [-0.05, 0) is 52.7 Å². The monoisotopic (exact) mass is 271 g/mol. The van der Waals surface area contributed by atoms with E-state index in [0.29, 0.717) is 12.5 Å². The molecule has 0 aromatic carbocycles. The Bertz CT molecular complexity index is 316. The number of rotatable bonds is 8. The Morgan fingerprint density at radius 2 is 2.00 bits per heavy atom. The lowest BCUT2D eigenvalue weighted by Crippen LogP contribution is -2.47. The molecule has 19 heavy (non-hydrogen) atoms. The summed E-state index contributed by atoms with van der Waals surface area (Å²) in [6.07, 6.45) is 3.04. The zero-order valence-corrected chi connectivity index (χ0v) is 12.1. The quantitative estimate of drug-likeness (QED) is 0.686. The van der Waals surface area contributed by atoms with Crippen molar-refractivity contribution in [3.8, 4) is 0 Å². The van der Waals surface area contributed by atoms with Crippen LogP contribution in [-0.4, -0.2) is 66.7 Å². The Morgan fingerprint density at radius 3 is 2.47 bits per heavy atom. The first-order chi connectivity index (χ1) is 8.88. The summed E-state index contributed by atoms with van der Waals surface area (Å²) < 4.78 is 0. The van der Waals surface area contributed by atoms with Gasteiger partial charge in [-0.2, -0.15) is 0 Å². The van der Waals surface area contributed by atoms with E-state index in [2.05, 4.69) is 10.2 Å². The van der Waals surface area contributed by atoms with Gasteiger partial charge in [0.25, 0.3) is 0 Å². The van der Waals surface area contributed by atoms with Crippen molar-refractivity contribution >= 4 is 12.0 Å². The second-order valence-electron chi connectivity index (χ2n) is 5.66. The summed E-state index contributed by atoms with van der Waals surface area (Å²) in [4.78, 5) is 26.3. The minimum Gasteiger partial charge on any atom is -0.480 e. The number of hydrogen-bond donors (Lipinski definition) is 2. The average molecular weight is 271 g/mol. The highest BCUT2D eigenvalue weighted by atomic mass is 16.4. The highest BCUT2D eigenvalue weighted by Gasteiger charge is 2.28. The first-order valence-electron chi connectivity index (χ1n) is 6.80. The molecule has 0 spiro atoms. The van der Waals surface area contributed by atoms with E-state index in [4.69, 9.17) is 5.11 Å². The van der Waals surface area contributed by atoms with Gasteiger partial charge < -0.3 is 20.2 Å². The molecule has 2 amide bonds. The summed E-state index contributed by atoms with van der Waals surface area (Å²) in [5, 5.41) is 11.7. The van der Waals surface area contributed by atoms with Gasteiger partial charge in [0.15, 0.2) is 0 Å². The molecule has 0 aromatic heterocycles. The molecule has 1 rings (SSSR count). The predicted molar refractivity (Wildman–Crippen MR) is 73.1 cm³/mol. The van der Waals surface area contributed by atoms with E-state index in [1.807, 2.05) is 21.0 Å². The van der Waals surface area contributed by atoms with Gasteiger partial charge in [0, 0.05) is 12.6 Å². The molecule has 1 unspecified atom stereocenters. The average Bonchev–Trinajstić information content (AvgIpc) is 3.08. The van der Waals surface area contributed by atoms with E-state index >= 15 is 0 Å². The van der Waals surface area contributed by atoms with Crippen LogP contribution < -0.4 is 5.32 Å². The summed E-state index contributed by atoms with van der Waals surface area (Å²) in [5.41, 5.74) is 0. The molecule has 0 aliphatic heterocycles. The second kappa shape index (κ2) is 7.33. The van der Waals surface area contributed by atoms with Crippen molar-refractivity contribution in [1.82, 2.24) is 15.1 Å². The van der Waals surface area contributed by atoms with Crippen molar-refractivity contribution in [3.63, 3.8) is 0 Å². The maximum absolute atomic E-state index is 12.0. The number of urea groups is 1. The lowest BCUT2D eigenvalue weighted by Gasteiger charge is -2.24. The highest BCUT2D eigenvalue weighted by molar-refractivity contribution is 5.80. The van der Waals surface area contributed by atoms with Gasteiger partial charge in [0.05, 0.1) is 0 Å².